The van der Waals surface area contributed by atoms with Gasteiger partial charge < -0.3 is 10.6 Å². The fourth-order valence-corrected chi connectivity index (χ4v) is 1.43. The van der Waals surface area contributed by atoms with Crippen LogP contribution in [0.5, 0.6) is 0 Å². The van der Waals surface area contributed by atoms with Crippen molar-refractivity contribution in [1.82, 2.24) is 10.6 Å². The summed E-state index contributed by atoms with van der Waals surface area (Å²) >= 11 is 0. The van der Waals surface area contributed by atoms with E-state index < -0.39 is 47.9 Å². The third kappa shape index (κ3) is 5.44. The topological polar surface area (TPSA) is 24.1 Å². The molecule has 0 saturated heterocycles. The van der Waals surface area contributed by atoms with Crippen LogP contribution in [0, 0.1) is 0 Å². The summed E-state index contributed by atoms with van der Waals surface area (Å²) in [6.07, 6.45) is 0. The van der Waals surface area contributed by atoms with Crippen molar-refractivity contribution in [3.8, 4) is 0 Å². The van der Waals surface area contributed by atoms with Crippen molar-refractivity contribution in [2.24, 2.45) is 0 Å². The molecule has 24 heavy (non-hydrogen) atoms. The average molecular weight is 372 g/mol. The number of alkyl halides is 8. The van der Waals surface area contributed by atoms with Crippen molar-refractivity contribution in [2.45, 2.75) is 76.3 Å². The van der Waals surface area contributed by atoms with Crippen LogP contribution in [0.3, 0.4) is 0 Å². The Morgan fingerprint density at radius 3 is 0.875 bits per heavy atom. The first kappa shape index (κ1) is 23.4. The van der Waals surface area contributed by atoms with Gasteiger partial charge in [0.1, 0.15) is 0 Å². The van der Waals surface area contributed by atoms with Gasteiger partial charge in [0.15, 0.2) is 0 Å². The molecular weight excluding hydrogens is 348 g/mol. The second kappa shape index (κ2) is 6.59. The summed E-state index contributed by atoms with van der Waals surface area (Å²) in [4.78, 5) is 0. The van der Waals surface area contributed by atoms with E-state index in [4.69, 9.17) is 0 Å². The molecule has 0 aliphatic rings. The molecule has 0 fully saturated rings. The van der Waals surface area contributed by atoms with E-state index in [0.717, 1.165) is 0 Å². The Hall–Kier alpha value is -0.640. The van der Waals surface area contributed by atoms with Crippen LogP contribution in [0.4, 0.5) is 35.1 Å². The minimum Gasteiger partial charge on any atom is -0.306 e. The van der Waals surface area contributed by atoms with Crippen LogP contribution in [0.15, 0.2) is 0 Å². The maximum atomic E-state index is 13.6. The molecule has 0 aliphatic carbocycles. The lowest BCUT2D eigenvalue weighted by atomic mass is 9.96. The summed E-state index contributed by atoms with van der Waals surface area (Å²) in [5, 5.41) is 3.85. The molecule has 2 nitrogen and oxygen atoms in total. The Labute approximate surface area is 136 Å². The zero-order valence-corrected chi connectivity index (χ0v) is 14.4. The molecule has 0 bridgehead atoms. The highest BCUT2D eigenvalue weighted by Gasteiger charge is 2.80. The molecule has 0 heterocycles. The molecule has 0 aromatic rings. The second-order valence-electron chi connectivity index (χ2n) is 7.76. The molecule has 0 aliphatic heterocycles. The van der Waals surface area contributed by atoms with Gasteiger partial charge in [-0.2, -0.15) is 35.1 Å². The van der Waals surface area contributed by atoms with Gasteiger partial charge in [-0.3, -0.25) is 0 Å². The van der Waals surface area contributed by atoms with Crippen LogP contribution >= 0.6 is 0 Å². The maximum absolute atomic E-state index is 13.6. The maximum Gasteiger partial charge on any atom is 0.379 e. The van der Waals surface area contributed by atoms with Crippen LogP contribution < -0.4 is 10.6 Å². The molecule has 2 N–H and O–H groups in total. The fourth-order valence-electron chi connectivity index (χ4n) is 1.43. The molecule has 0 unspecified atom stereocenters. The predicted molar refractivity (Wildman–Crippen MR) is 75.3 cm³/mol. The Balaban J connectivity index is 5.47. The molecule has 0 spiro atoms. The van der Waals surface area contributed by atoms with Gasteiger partial charge in [-0.05, 0) is 41.5 Å². The molecule has 0 saturated carbocycles. The third-order valence-electron chi connectivity index (χ3n) is 2.99. The third-order valence-corrected chi connectivity index (χ3v) is 2.99. The highest BCUT2D eigenvalue weighted by atomic mass is 19.4. The lowest BCUT2D eigenvalue weighted by Gasteiger charge is -2.38. The molecule has 0 amide bonds. The van der Waals surface area contributed by atoms with Crippen molar-refractivity contribution in [1.29, 1.82) is 0 Å². The van der Waals surface area contributed by atoms with Gasteiger partial charge in [-0.25, -0.2) is 0 Å². The van der Waals surface area contributed by atoms with Crippen molar-refractivity contribution in [3.05, 3.63) is 0 Å². The molecule has 0 rings (SSSR count). The van der Waals surface area contributed by atoms with Crippen LogP contribution in [-0.2, 0) is 0 Å². The van der Waals surface area contributed by atoms with Crippen molar-refractivity contribution < 1.29 is 35.1 Å². The summed E-state index contributed by atoms with van der Waals surface area (Å²) in [5.74, 6) is -23.3. The molecule has 146 valence electrons. The van der Waals surface area contributed by atoms with Crippen LogP contribution in [0.2, 0.25) is 0 Å². The van der Waals surface area contributed by atoms with Gasteiger partial charge in [0.05, 0.1) is 13.1 Å². The highest BCUT2D eigenvalue weighted by molar-refractivity contribution is 5.05. The molecule has 0 atom stereocenters. The first-order valence-corrected chi connectivity index (χ1v) is 7.18. The van der Waals surface area contributed by atoms with Gasteiger partial charge in [-0.15, -0.1) is 0 Å². The number of hydrogen-bond donors (Lipinski definition) is 2. The van der Waals surface area contributed by atoms with E-state index in [1.54, 1.807) is 0 Å². The zero-order chi connectivity index (χ0) is 19.8. The lowest BCUT2D eigenvalue weighted by molar-refractivity contribution is -0.363. The minimum absolute atomic E-state index is 1.09. The molecular formula is C14H24F8N2. The summed E-state index contributed by atoms with van der Waals surface area (Å²) in [6.45, 7) is 4.26. The SMILES string of the molecule is CC(C)(C)NCC(F)(F)C(F)(F)C(F)(F)C(F)(F)CNC(C)(C)C. The highest BCUT2D eigenvalue weighted by Crippen LogP contribution is 2.52. The average Bonchev–Trinajstić information content (AvgIpc) is 2.32. The fraction of sp³-hybridized carbons (Fsp3) is 1.00. The van der Waals surface area contributed by atoms with Crippen molar-refractivity contribution in [2.75, 3.05) is 13.1 Å². The minimum atomic E-state index is -6.25. The van der Waals surface area contributed by atoms with Crippen LogP contribution in [-0.4, -0.2) is 47.9 Å². The van der Waals surface area contributed by atoms with E-state index in [0.29, 0.717) is 0 Å². The monoisotopic (exact) mass is 372 g/mol. The summed E-state index contributed by atoms with van der Waals surface area (Å²) < 4.78 is 109. The van der Waals surface area contributed by atoms with E-state index in [-0.39, 0.29) is 0 Å². The van der Waals surface area contributed by atoms with Crippen LogP contribution in [0.1, 0.15) is 41.5 Å². The summed E-state index contributed by atoms with van der Waals surface area (Å²) in [5.41, 5.74) is -2.18. The van der Waals surface area contributed by atoms with E-state index >= 15 is 0 Å². The van der Waals surface area contributed by atoms with E-state index in [1.165, 1.54) is 41.5 Å². The number of halogens is 8. The van der Waals surface area contributed by atoms with Crippen molar-refractivity contribution in [3.63, 3.8) is 0 Å². The molecule has 0 aromatic carbocycles. The van der Waals surface area contributed by atoms with Gasteiger partial charge in [0, 0.05) is 11.1 Å². The second-order valence-corrected chi connectivity index (χ2v) is 7.76. The van der Waals surface area contributed by atoms with Crippen molar-refractivity contribution >= 4 is 0 Å². The summed E-state index contributed by atoms with van der Waals surface area (Å²) in [7, 11) is 0. The van der Waals surface area contributed by atoms with Crippen LogP contribution in [0.25, 0.3) is 0 Å². The number of nitrogens with one attached hydrogen (secondary N) is 2. The number of hydrogen-bond acceptors (Lipinski definition) is 2. The van der Waals surface area contributed by atoms with Gasteiger partial charge in [0.2, 0.25) is 0 Å². The lowest BCUT2D eigenvalue weighted by Crippen LogP contribution is -2.67. The van der Waals surface area contributed by atoms with E-state index in [9.17, 15) is 35.1 Å². The Morgan fingerprint density at radius 2 is 0.708 bits per heavy atom. The van der Waals surface area contributed by atoms with Gasteiger partial charge in [-0.1, -0.05) is 0 Å². The van der Waals surface area contributed by atoms with E-state index in [2.05, 4.69) is 0 Å². The molecule has 0 aromatic heterocycles. The predicted octanol–water partition coefficient (Wildman–Crippen LogP) is 4.30. The zero-order valence-electron chi connectivity index (χ0n) is 14.4. The van der Waals surface area contributed by atoms with Gasteiger partial charge >= 0.3 is 23.7 Å². The largest absolute Gasteiger partial charge is 0.379 e. The first-order chi connectivity index (χ1) is 10.2. The number of rotatable bonds is 7. The molecule has 10 heteroatoms. The summed E-state index contributed by atoms with van der Waals surface area (Å²) in [6, 6.07) is 0. The van der Waals surface area contributed by atoms with Gasteiger partial charge in [0.25, 0.3) is 0 Å². The normalized spacial score (nSPS) is 15.8. The standard InChI is InChI=1S/C14H24F8N2/c1-9(2,3)23-7-11(15,16)13(19,20)14(21,22)12(17,18)8-24-10(4,5)6/h23-24H,7-8H2,1-6H3. The smallest absolute Gasteiger partial charge is 0.306 e. The first-order valence-electron chi connectivity index (χ1n) is 7.18. The quantitative estimate of drug-likeness (QED) is 0.651. The Bertz CT molecular complexity index is 381. The van der Waals surface area contributed by atoms with E-state index in [1.807, 2.05) is 10.6 Å². The Morgan fingerprint density at radius 1 is 0.500 bits per heavy atom. The molecule has 0 radical (unpaired) electrons. The Kier molecular flexibility index (Phi) is 6.41.